The lowest BCUT2D eigenvalue weighted by Crippen LogP contribution is -2.33. The number of carbonyl (C=O) groups excluding carboxylic acids is 2. The molecule has 0 aromatic heterocycles. The van der Waals surface area contributed by atoms with Gasteiger partial charge in [-0.25, -0.2) is 8.78 Å². The first-order valence-corrected chi connectivity index (χ1v) is 5.42. The highest BCUT2D eigenvalue weighted by atomic mass is 19.3. The molecule has 20 heavy (non-hydrogen) atoms. The number of ether oxygens (including phenoxy) is 1. The number of hydrogen-bond donors (Lipinski definition) is 1. The number of carbonyl (C=O) groups is 2. The second-order valence-electron chi connectivity index (χ2n) is 3.96. The lowest BCUT2D eigenvalue weighted by Gasteiger charge is -2.14. The van der Waals surface area contributed by atoms with E-state index < -0.39 is 30.8 Å². The van der Waals surface area contributed by atoms with Gasteiger partial charge in [-0.15, -0.1) is 0 Å². The quantitative estimate of drug-likeness (QED) is 0.642. The van der Waals surface area contributed by atoms with E-state index >= 15 is 0 Å². The van der Waals surface area contributed by atoms with Crippen LogP contribution >= 0.6 is 0 Å². The molecule has 1 rings (SSSR count). The SMILES string of the molecule is NC(=O)c1ccc(CC(=O)OCC(F)(F)C(F)F)cc1. The van der Waals surface area contributed by atoms with Gasteiger partial charge in [0.1, 0.15) is 0 Å². The fourth-order valence-corrected chi connectivity index (χ4v) is 1.24. The number of esters is 1. The molecule has 0 atom stereocenters. The van der Waals surface area contributed by atoms with Crippen LogP contribution in [0, 0.1) is 0 Å². The molecule has 0 aliphatic carbocycles. The van der Waals surface area contributed by atoms with Crippen molar-refractivity contribution >= 4 is 11.9 Å². The van der Waals surface area contributed by atoms with Crippen molar-refractivity contribution in [3.8, 4) is 0 Å². The summed E-state index contributed by atoms with van der Waals surface area (Å²) in [4.78, 5) is 22.0. The van der Waals surface area contributed by atoms with Crippen molar-refractivity contribution in [3.63, 3.8) is 0 Å². The van der Waals surface area contributed by atoms with E-state index in [9.17, 15) is 27.2 Å². The van der Waals surface area contributed by atoms with Crippen molar-refractivity contribution in [2.24, 2.45) is 5.73 Å². The normalized spacial score (nSPS) is 11.4. The molecule has 8 heteroatoms. The van der Waals surface area contributed by atoms with Crippen LogP contribution in [-0.2, 0) is 16.0 Å². The number of amides is 1. The van der Waals surface area contributed by atoms with E-state index in [1.54, 1.807) is 0 Å². The summed E-state index contributed by atoms with van der Waals surface area (Å²) in [7, 11) is 0. The van der Waals surface area contributed by atoms with Crippen LogP contribution in [0.3, 0.4) is 0 Å². The molecule has 0 bridgehead atoms. The fraction of sp³-hybridized carbons (Fsp3) is 0.333. The number of hydrogen-bond acceptors (Lipinski definition) is 3. The minimum atomic E-state index is -4.37. The molecular formula is C12H11F4NO3. The molecule has 0 aliphatic heterocycles. The van der Waals surface area contributed by atoms with E-state index in [4.69, 9.17) is 5.73 Å². The maximum Gasteiger partial charge on any atom is 0.340 e. The van der Waals surface area contributed by atoms with Crippen LogP contribution < -0.4 is 5.73 Å². The van der Waals surface area contributed by atoms with Crippen molar-refractivity contribution in [3.05, 3.63) is 35.4 Å². The first-order valence-electron chi connectivity index (χ1n) is 5.42. The summed E-state index contributed by atoms with van der Waals surface area (Å²) in [6.07, 6.45) is -4.27. The topological polar surface area (TPSA) is 69.4 Å². The highest BCUT2D eigenvalue weighted by Crippen LogP contribution is 2.23. The predicted molar refractivity (Wildman–Crippen MR) is 60.6 cm³/mol. The summed E-state index contributed by atoms with van der Waals surface area (Å²) in [5.74, 6) is -6.10. The maximum absolute atomic E-state index is 12.5. The monoisotopic (exact) mass is 293 g/mol. The average molecular weight is 293 g/mol. The van der Waals surface area contributed by atoms with Gasteiger partial charge in [-0.05, 0) is 17.7 Å². The van der Waals surface area contributed by atoms with Crippen molar-refractivity contribution < 1.29 is 31.9 Å². The van der Waals surface area contributed by atoms with Crippen molar-refractivity contribution in [2.45, 2.75) is 18.8 Å². The van der Waals surface area contributed by atoms with Gasteiger partial charge in [-0.2, -0.15) is 8.78 Å². The van der Waals surface area contributed by atoms with Crippen LogP contribution in [0.2, 0.25) is 0 Å². The summed E-state index contributed by atoms with van der Waals surface area (Å²) < 4.78 is 52.8. The molecule has 0 unspecified atom stereocenters. The number of benzene rings is 1. The number of rotatable bonds is 6. The molecule has 1 amide bonds. The standard InChI is InChI=1S/C12H11F4NO3/c13-11(14)12(15,16)6-20-9(18)5-7-1-3-8(4-2-7)10(17)19/h1-4,11H,5-6H2,(H2,17,19). The lowest BCUT2D eigenvalue weighted by atomic mass is 10.1. The molecule has 0 spiro atoms. The van der Waals surface area contributed by atoms with Gasteiger partial charge in [0.05, 0.1) is 6.42 Å². The first-order chi connectivity index (χ1) is 9.22. The first kappa shape index (κ1) is 15.9. The second-order valence-corrected chi connectivity index (χ2v) is 3.96. The van der Waals surface area contributed by atoms with Crippen LogP contribution in [0.15, 0.2) is 24.3 Å². The Labute approximate surface area is 111 Å². The van der Waals surface area contributed by atoms with Crippen molar-refractivity contribution in [1.82, 2.24) is 0 Å². The Hall–Kier alpha value is -2.12. The molecule has 110 valence electrons. The van der Waals surface area contributed by atoms with E-state index in [1.165, 1.54) is 24.3 Å². The van der Waals surface area contributed by atoms with Crippen LogP contribution in [0.4, 0.5) is 17.6 Å². The molecule has 0 saturated heterocycles. The Morgan fingerprint density at radius 3 is 2.20 bits per heavy atom. The van der Waals surface area contributed by atoms with Gasteiger partial charge in [-0.1, -0.05) is 12.1 Å². The molecule has 0 heterocycles. The molecule has 0 aliphatic rings. The molecule has 2 N–H and O–H groups in total. The molecule has 1 aromatic carbocycles. The molecule has 0 radical (unpaired) electrons. The van der Waals surface area contributed by atoms with Gasteiger partial charge < -0.3 is 10.5 Å². The number of primary amides is 1. The summed E-state index contributed by atoms with van der Waals surface area (Å²) in [5.41, 5.74) is 5.59. The van der Waals surface area contributed by atoms with E-state index in [0.29, 0.717) is 5.56 Å². The number of alkyl halides is 4. The van der Waals surface area contributed by atoms with Gasteiger partial charge in [-0.3, -0.25) is 9.59 Å². The summed E-state index contributed by atoms with van der Waals surface area (Å²) >= 11 is 0. The van der Waals surface area contributed by atoms with E-state index in [2.05, 4.69) is 4.74 Å². The Bertz CT molecular complexity index is 488. The van der Waals surface area contributed by atoms with Crippen molar-refractivity contribution in [1.29, 1.82) is 0 Å². The summed E-state index contributed by atoms with van der Waals surface area (Å²) in [5, 5.41) is 0. The lowest BCUT2D eigenvalue weighted by molar-refractivity contribution is -0.179. The largest absolute Gasteiger partial charge is 0.459 e. The fourth-order valence-electron chi connectivity index (χ4n) is 1.24. The summed E-state index contributed by atoms with van der Waals surface area (Å²) in [6.45, 7) is -1.68. The third kappa shape index (κ3) is 4.52. The minimum absolute atomic E-state index is 0.214. The average Bonchev–Trinajstić information content (AvgIpc) is 2.37. The Morgan fingerprint density at radius 2 is 1.75 bits per heavy atom. The van der Waals surface area contributed by atoms with E-state index in [1.807, 2.05) is 0 Å². The number of nitrogens with two attached hydrogens (primary N) is 1. The zero-order chi connectivity index (χ0) is 15.3. The number of halogens is 4. The van der Waals surface area contributed by atoms with Gasteiger partial charge in [0.25, 0.3) is 0 Å². The van der Waals surface area contributed by atoms with Gasteiger partial charge >= 0.3 is 18.3 Å². The Morgan fingerprint density at radius 1 is 1.20 bits per heavy atom. The second kappa shape index (κ2) is 6.36. The zero-order valence-electron chi connectivity index (χ0n) is 10.1. The molecular weight excluding hydrogens is 282 g/mol. The molecule has 0 saturated carbocycles. The van der Waals surface area contributed by atoms with Gasteiger partial charge in [0.2, 0.25) is 5.91 Å². The van der Waals surface area contributed by atoms with Gasteiger partial charge in [0.15, 0.2) is 6.61 Å². The third-order valence-electron chi connectivity index (χ3n) is 2.33. The highest BCUT2D eigenvalue weighted by molar-refractivity contribution is 5.92. The van der Waals surface area contributed by atoms with E-state index in [-0.39, 0.29) is 12.0 Å². The zero-order valence-corrected chi connectivity index (χ0v) is 10.1. The smallest absolute Gasteiger partial charge is 0.340 e. The van der Waals surface area contributed by atoms with Crippen LogP contribution in [0.1, 0.15) is 15.9 Å². The third-order valence-corrected chi connectivity index (χ3v) is 2.33. The predicted octanol–water partition coefficient (Wildman–Crippen LogP) is 1.77. The van der Waals surface area contributed by atoms with E-state index in [0.717, 1.165) is 0 Å². The van der Waals surface area contributed by atoms with Crippen molar-refractivity contribution in [2.75, 3.05) is 6.61 Å². The summed E-state index contributed by atoms with van der Waals surface area (Å²) in [6, 6.07) is 5.45. The van der Waals surface area contributed by atoms with Gasteiger partial charge in [0, 0.05) is 5.56 Å². The molecule has 4 nitrogen and oxygen atoms in total. The Kier molecular flexibility index (Phi) is 5.06. The van der Waals surface area contributed by atoms with Crippen LogP contribution in [-0.4, -0.2) is 30.8 Å². The Balaban J connectivity index is 2.52. The highest BCUT2D eigenvalue weighted by Gasteiger charge is 2.42. The molecule has 0 fully saturated rings. The minimum Gasteiger partial charge on any atom is -0.459 e. The van der Waals surface area contributed by atoms with Crippen LogP contribution in [0.5, 0.6) is 0 Å². The molecule has 1 aromatic rings. The van der Waals surface area contributed by atoms with Crippen LogP contribution in [0.25, 0.3) is 0 Å². The maximum atomic E-state index is 12.5.